The molecule has 1 aliphatic carbocycles. The first kappa shape index (κ1) is 36.6. The number of benzene rings is 9. The van der Waals surface area contributed by atoms with E-state index in [2.05, 4.69) is 209 Å². The molecule has 9 aromatic carbocycles. The number of para-hydroxylation sites is 1. The van der Waals surface area contributed by atoms with E-state index in [1.165, 1.54) is 81.4 Å². The van der Waals surface area contributed by atoms with Crippen LogP contribution >= 0.6 is 11.3 Å². The lowest BCUT2D eigenvalue weighted by molar-refractivity contribution is 0.659. The zero-order chi connectivity index (χ0) is 41.7. The van der Waals surface area contributed by atoms with Crippen molar-refractivity contribution in [1.29, 1.82) is 0 Å². The van der Waals surface area contributed by atoms with E-state index in [4.69, 9.17) is 4.42 Å². The van der Waals surface area contributed by atoms with Gasteiger partial charge in [0.05, 0.1) is 0 Å². The lowest BCUT2D eigenvalue weighted by atomic mass is 9.81. The Bertz CT molecular complexity index is 3570. The minimum atomic E-state index is -0.0452. The maximum atomic E-state index is 6.27. The zero-order valence-electron chi connectivity index (χ0n) is 35.2. The Labute approximate surface area is 366 Å². The van der Waals surface area contributed by atoms with Crippen LogP contribution in [0.4, 0.5) is 17.1 Å². The molecule has 0 N–H and O–H groups in total. The molecule has 62 heavy (non-hydrogen) atoms. The van der Waals surface area contributed by atoms with Crippen molar-refractivity contribution in [2.75, 3.05) is 4.90 Å². The van der Waals surface area contributed by atoms with Gasteiger partial charge in [-0.3, -0.25) is 0 Å². The van der Waals surface area contributed by atoms with Crippen molar-refractivity contribution >= 4 is 70.5 Å². The van der Waals surface area contributed by atoms with E-state index < -0.39 is 0 Å². The van der Waals surface area contributed by atoms with Crippen LogP contribution in [0.5, 0.6) is 0 Å². The van der Waals surface area contributed by atoms with Gasteiger partial charge in [-0.25, -0.2) is 0 Å². The van der Waals surface area contributed by atoms with Crippen molar-refractivity contribution in [2.45, 2.75) is 33.1 Å². The molecule has 3 heteroatoms. The first-order valence-electron chi connectivity index (χ1n) is 21.5. The van der Waals surface area contributed by atoms with Gasteiger partial charge in [-0.05, 0) is 148 Å². The molecular weight excluding hydrogens is 771 g/mol. The van der Waals surface area contributed by atoms with Gasteiger partial charge in [-0.2, -0.15) is 0 Å². The number of anilines is 3. The number of thiophene rings is 1. The number of aryl methyl sites for hydroxylation is 2. The minimum Gasteiger partial charge on any atom is -0.456 e. The Morgan fingerprint density at radius 2 is 1.08 bits per heavy atom. The Hall–Kier alpha value is -7.20. The number of hydrogen-bond acceptors (Lipinski definition) is 3. The van der Waals surface area contributed by atoms with Crippen molar-refractivity contribution in [1.82, 2.24) is 0 Å². The van der Waals surface area contributed by atoms with Crippen molar-refractivity contribution in [3.05, 3.63) is 210 Å². The normalized spacial score (nSPS) is 13.0. The average molecular weight is 814 g/mol. The standard InChI is InChI=1S/C59H43NOS/c1-36-31-37(2)57-50-35-42(23-29-51(50)59(3,4)52(57)32-36)40-11-9-12-45(33-40)60(43-25-19-38(20-26-43)41-24-30-56-49(34-41)47-13-6-8-18-55(47)62-56)44-27-21-39(22-28-44)46-15-10-17-54-58(46)48-14-5-7-16-53(48)61-54/h5-35H,1-4H3. The number of hydrogen-bond donors (Lipinski definition) is 0. The van der Waals surface area contributed by atoms with E-state index >= 15 is 0 Å². The van der Waals surface area contributed by atoms with Crippen molar-refractivity contribution in [3.8, 4) is 44.5 Å². The third-order valence-electron chi connectivity index (χ3n) is 13.2. The fourth-order valence-electron chi connectivity index (χ4n) is 10.2. The maximum Gasteiger partial charge on any atom is 0.136 e. The van der Waals surface area contributed by atoms with Gasteiger partial charge in [0.15, 0.2) is 0 Å². The summed E-state index contributed by atoms with van der Waals surface area (Å²) in [6, 6.07) is 69.2. The van der Waals surface area contributed by atoms with E-state index in [0.29, 0.717) is 0 Å². The molecule has 0 bridgehead atoms. The third-order valence-corrected chi connectivity index (χ3v) is 14.4. The van der Waals surface area contributed by atoms with Gasteiger partial charge in [0, 0.05) is 53.4 Å². The highest BCUT2D eigenvalue weighted by molar-refractivity contribution is 7.25. The maximum absolute atomic E-state index is 6.27. The minimum absolute atomic E-state index is 0.0452. The molecule has 0 fully saturated rings. The summed E-state index contributed by atoms with van der Waals surface area (Å²) in [5, 5.41) is 4.92. The Morgan fingerprint density at radius 3 is 1.90 bits per heavy atom. The molecule has 0 unspecified atom stereocenters. The molecule has 1 aliphatic rings. The second-order valence-electron chi connectivity index (χ2n) is 17.5. The summed E-state index contributed by atoms with van der Waals surface area (Å²) >= 11 is 1.86. The molecule has 0 saturated carbocycles. The molecule has 2 heterocycles. The van der Waals surface area contributed by atoms with Gasteiger partial charge in [-0.1, -0.05) is 135 Å². The molecule has 0 amide bonds. The monoisotopic (exact) mass is 813 g/mol. The van der Waals surface area contributed by atoms with E-state index in [0.717, 1.165) is 44.6 Å². The van der Waals surface area contributed by atoms with Gasteiger partial charge >= 0.3 is 0 Å². The number of fused-ring (bicyclic) bond motifs is 9. The van der Waals surface area contributed by atoms with Crippen molar-refractivity contribution in [2.24, 2.45) is 0 Å². The van der Waals surface area contributed by atoms with Crippen LogP contribution in [-0.2, 0) is 5.41 Å². The fraction of sp³-hybridized carbons (Fsp3) is 0.0847. The summed E-state index contributed by atoms with van der Waals surface area (Å²) in [5.41, 5.74) is 20.4. The first-order chi connectivity index (χ1) is 30.3. The van der Waals surface area contributed by atoms with Crippen LogP contribution in [0, 0.1) is 13.8 Å². The topological polar surface area (TPSA) is 16.4 Å². The summed E-state index contributed by atoms with van der Waals surface area (Å²) in [6.07, 6.45) is 0. The molecule has 12 rings (SSSR count). The van der Waals surface area contributed by atoms with Crippen LogP contribution < -0.4 is 4.90 Å². The molecule has 0 spiro atoms. The van der Waals surface area contributed by atoms with E-state index in [9.17, 15) is 0 Å². The average Bonchev–Trinajstić information content (AvgIpc) is 3.94. The van der Waals surface area contributed by atoms with Gasteiger partial charge in [0.2, 0.25) is 0 Å². The second kappa shape index (κ2) is 13.9. The molecule has 0 atom stereocenters. The summed E-state index contributed by atoms with van der Waals surface area (Å²) in [5.74, 6) is 0. The van der Waals surface area contributed by atoms with Gasteiger partial charge in [0.25, 0.3) is 0 Å². The van der Waals surface area contributed by atoms with Crippen LogP contribution in [0.1, 0.15) is 36.1 Å². The molecule has 0 saturated heterocycles. The van der Waals surface area contributed by atoms with Crippen LogP contribution in [0.25, 0.3) is 86.6 Å². The lowest BCUT2D eigenvalue weighted by Crippen LogP contribution is -2.15. The molecular formula is C59H43NOS. The molecule has 2 aromatic heterocycles. The second-order valence-corrected chi connectivity index (χ2v) is 18.5. The van der Waals surface area contributed by atoms with Gasteiger partial charge < -0.3 is 9.32 Å². The Kier molecular flexibility index (Phi) is 8.23. The van der Waals surface area contributed by atoms with Crippen LogP contribution in [-0.4, -0.2) is 0 Å². The zero-order valence-corrected chi connectivity index (χ0v) is 36.0. The summed E-state index contributed by atoms with van der Waals surface area (Å²) < 4.78 is 8.92. The molecule has 11 aromatic rings. The fourth-order valence-corrected chi connectivity index (χ4v) is 11.3. The third kappa shape index (κ3) is 5.76. The number of furan rings is 1. The number of rotatable bonds is 6. The number of nitrogens with zero attached hydrogens (tertiary/aromatic N) is 1. The smallest absolute Gasteiger partial charge is 0.136 e. The molecule has 296 valence electrons. The highest BCUT2D eigenvalue weighted by Crippen LogP contribution is 2.51. The van der Waals surface area contributed by atoms with E-state index in [1.54, 1.807) is 0 Å². The predicted molar refractivity (Wildman–Crippen MR) is 265 cm³/mol. The van der Waals surface area contributed by atoms with Gasteiger partial charge in [-0.15, -0.1) is 11.3 Å². The highest BCUT2D eigenvalue weighted by atomic mass is 32.1. The molecule has 0 aliphatic heterocycles. The van der Waals surface area contributed by atoms with Gasteiger partial charge in [0.1, 0.15) is 11.2 Å². The largest absolute Gasteiger partial charge is 0.456 e. The summed E-state index contributed by atoms with van der Waals surface area (Å²) in [6.45, 7) is 9.21. The van der Waals surface area contributed by atoms with Crippen LogP contribution in [0.3, 0.4) is 0 Å². The summed E-state index contributed by atoms with van der Waals surface area (Å²) in [7, 11) is 0. The summed E-state index contributed by atoms with van der Waals surface area (Å²) in [4.78, 5) is 2.39. The highest BCUT2D eigenvalue weighted by Gasteiger charge is 2.36. The SMILES string of the molecule is Cc1cc(C)c2c(c1)C(C)(C)c1ccc(-c3cccc(N(c4ccc(-c5ccc6sc7ccccc7c6c5)cc4)c4ccc(-c5cccc6oc7ccccc7c56)cc4)c3)cc1-2. The molecule has 2 nitrogen and oxygen atoms in total. The Balaban J connectivity index is 0.965. The first-order valence-corrected chi connectivity index (χ1v) is 22.3. The molecule has 0 radical (unpaired) electrons. The quantitative estimate of drug-likeness (QED) is 0.166. The Morgan fingerprint density at radius 1 is 0.435 bits per heavy atom. The van der Waals surface area contributed by atoms with E-state index in [1.807, 2.05) is 23.5 Å². The van der Waals surface area contributed by atoms with Crippen LogP contribution in [0.2, 0.25) is 0 Å². The predicted octanol–water partition coefficient (Wildman–Crippen LogP) is 17.3. The van der Waals surface area contributed by atoms with Crippen LogP contribution in [0.15, 0.2) is 192 Å². The van der Waals surface area contributed by atoms with Crippen molar-refractivity contribution < 1.29 is 4.42 Å². The lowest BCUT2D eigenvalue weighted by Gasteiger charge is -2.26. The van der Waals surface area contributed by atoms with E-state index in [-0.39, 0.29) is 5.41 Å². The van der Waals surface area contributed by atoms with Crippen molar-refractivity contribution in [3.63, 3.8) is 0 Å².